The fourth-order valence-corrected chi connectivity index (χ4v) is 2.71. The summed E-state index contributed by atoms with van der Waals surface area (Å²) in [6, 6.07) is 0. The SMILES string of the molecule is COCCCN(C)CC(=O)N1CCN(CC(=O)NC(C)(C)C)CC1. The van der Waals surface area contributed by atoms with Gasteiger partial charge in [-0.25, -0.2) is 0 Å². The monoisotopic (exact) mass is 342 g/mol. The lowest BCUT2D eigenvalue weighted by atomic mass is 10.1. The van der Waals surface area contributed by atoms with Crippen LogP contribution in [0.4, 0.5) is 0 Å². The van der Waals surface area contributed by atoms with Crippen molar-refractivity contribution in [3.8, 4) is 0 Å². The van der Waals surface area contributed by atoms with Crippen LogP contribution in [0.15, 0.2) is 0 Å². The van der Waals surface area contributed by atoms with Gasteiger partial charge in [0.25, 0.3) is 0 Å². The summed E-state index contributed by atoms with van der Waals surface area (Å²) in [5.74, 6) is 0.203. The lowest BCUT2D eigenvalue weighted by Crippen LogP contribution is -2.54. The molecule has 2 amide bonds. The second-order valence-electron chi connectivity index (χ2n) is 7.54. The van der Waals surface area contributed by atoms with E-state index in [9.17, 15) is 9.59 Å². The number of amides is 2. The zero-order valence-corrected chi connectivity index (χ0v) is 15.9. The molecule has 1 rings (SSSR count). The maximum atomic E-state index is 12.3. The maximum Gasteiger partial charge on any atom is 0.236 e. The van der Waals surface area contributed by atoms with Crippen LogP contribution in [0.25, 0.3) is 0 Å². The Bertz CT molecular complexity index is 401. The van der Waals surface area contributed by atoms with Gasteiger partial charge in [-0.15, -0.1) is 0 Å². The molecule has 0 radical (unpaired) electrons. The topological polar surface area (TPSA) is 65.1 Å². The summed E-state index contributed by atoms with van der Waals surface area (Å²) in [5.41, 5.74) is -0.206. The van der Waals surface area contributed by atoms with Crippen LogP contribution < -0.4 is 5.32 Å². The molecule has 1 aliphatic heterocycles. The van der Waals surface area contributed by atoms with Gasteiger partial charge in [-0.05, 0) is 34.2 Å². The standard InChI is InChI=1S/C17H34N4O3/c1-17(2,3)18-15(22)13-20-8-10-21(11-9-20)16(23)14-19(4)7-6-12-24-5/h6-14H2,1-5H3,(H,18,22). The molecule has 0 saturated carbocycles. The highest BCUT2D eigenvalue weighted by molar-refractivity contribution is 5.79. The third kappa shape index (κ3) is 8.61. The van der Waals surface area contributed by atoms with Crippen molar-refractivity contribution < 1.29 is 14.3 Å². The molecule has 0 bridgehead atoms. The van der Waals surface area contributed by atoms with Gasteiger partial charge in [-0.1, -0.05) is 0 Å². The number of nitrogens with zero attached hydrogens (tertiary/aromatic N) is 3. The van der Waals surface area contributed by atoms with E-state index in [2.05, 4.69) is 10.2 Å². The minimum absolute atomic E-state index is 0.0418. The fraction of sp³-hybridized carbons (Fsp3) is 0.882. The molecule has 0 unspecified atom stereocenters. The Kier molecular flexibility index (Phi) is 8.66. The molecule has 0 spiro atoms. The van der Waals surface area contributed by atoms with Gasteiger partial charge >= 0.3 is 0 Å². The van der Waals surface area contributed by atoms with Crippen LogP contribution in [0.1, 0.15) is 27.2 Å². The zero-order chi connectivity index (χ0) is 18.2. The summed E-state index contributed by atoms with van der Waals surface area (Å²) < 4.78 is 5.03. The number of hydrogen-bond donors (Lipinski definition) is 1. The van der Waals surface area contributed by atoms with E-state index < -0.39 is 0 Å². The highest BCUT2D eigenvalue weighted by atomic mass is 16.5. The van der Waals surface area contributed by atoms with Crippen molar-refractivity contribution in [3.63, 3.8) is 0 Å². The van der Waals surface area contributed by atoms with Crippen molar-refractivity contribution >= 4 is 11.8 Å². The second-order valence-corrected chi connectivity index (χ2v) is 7.54. The summed E-state index contributed by atoms with van der Waals surface area (Å²) in [6.45, 7) is 11.2. The number of nitrogens with one attached hydrogen (secondary N) is 1. The first-order valence-electron chi connectivity index (χ1n) is 8.70. The normalized spacial score (nSPS) is 16.5. The van der Waals surface area contributed by atoms with Crippen LogP contribution in [0.2, 0.25) is 0 Å². The van der Waals surface area contributed by atoms with Gasteiger partial charge < -0.3 is 15.0 Å². The van der Waals surface area contributed by atoms with Crippen molar-refractivity contribution in [3.05, 3.63) is 0 Å². The van der Waals surface area contributed by atoms with Gasteiger partial charge in [0.2, 0.25) is 11.8 Å². The molecule has 140 valence electrons. The van der Waals surface area contributed by atoms with Gasteiger partial charge in [-0.2, -0.15) is 0 Å². The minimum Gasteiger partial charge on any atom is -0.385 e. The lowest BCUT2D eigenvalue weighted by molar-refractivity contribution is -0.134. The van der Waals surface area contributed by atoms with Gasteiger partial charge in [0, 0.05) is 52.0 Å². The van der Waals surface area contributed by atoms with E-state index in [1.165, 1.54) is 0 Å². The van der Waals surface area contributed by atoms with E-state index in [-0.39, 0.29) is 17.4 Å². The Morgan fingerprint density at radius 2 is 1.79 bits per heavy atom. The first-order chi connectivity index (χ1) is 11.2. The van der Waals surface area contributed by atoms with Crippen LogP contribution in [-0.2, 0) is 14.3 Å². The average molecular weight is 342 g/mol. The van der Waals surface area contributed by atoms with Crippen molar-refractivity contribution in [1.82, 2.24) is 20.0 Å². The summed E-state index contributed by atoms with van der Waals surface area (Å²) in [5, 5.41) is 2.97. The highest BCUT2D eigenvalue weighted by Gasteiger charge is 2.24. The number of methoxy groups -OCH3 is 1. The number of rotatable bonds is 8. The molecule has 0 aliphatic carbocycles. The van der Waals surface area contributed by atoms with Gasteiger partial charge in [0.05, 0.1) is 13.1 Å². The number of piperazine rings is 1. The summed E-state index contributed by atoms with van der Waals surface area (Å²) in [4.78, 5) is 30.3. The van der Waals surface area contributed by atoms with E-state index in [0.717, 1.165) is 26.1 Å². The maximum absolute atomic E-state index is 12.3. The Hall–Kier alpha value is -1.18. The molecule has 7 heteroatoms. The first-order valence-corrected chi connectivity index (χ1v) is 8.70. The van der Waals surface area contributed by atoms with Crippen molar-refractivity contribution in [2.45, 2.75) is 32.7 Å². The smallest absolute Gasteiger partial charge is 0.236 e. The third-order valence-electron chi connectivity index (χ3n) is 3.90. The molecule has 1 aliphatic rings. The summed E-state index contributed by atoms with van der Waals surface area (Å²) in [7, 11) is 3.65. The molecule has 1 saturated heterocycles. The average Bonchev–Trinajstić information content (AvgIpc) is 2.46. The second kappa shape index (κ2) is 9.96. The van der Waals surface area contributed by atoms with E-state index in [1.54, 1.807) is 7.11 Å². The van der Waals surface area contributed by atoms with Gasteiger partial charge in [0.15, 0.2) is 0 Å². The Morgan fingerprint density at radius 3 is 2.33 bits per heavy atom. The fourth-order valence-electron chi connectivity index (χ4n) is 2.71. The molecule has 0 atom stereocenters. The number of carbonyl (C=O) groups is 2. The highest BCUT2D eigenvalue weighted by Crippen LogP contribution is 2.04. The number of carbonyl (C=O) groups excluding carboxylic acids is 2. The molecule has 1 heterocycles. The van der Waals surface area contributed by atoms with Crippen LogP contribution >= 0.6 is 0 Å². The molecule has 0 aromatic heterocycles. The Labute approximate surface area is 146 Å². The van der Waals surface area contributed by atoms with Crippen molar-refractivity contribution in [2.24, 2.45) is 0 Å². The molecule has 1 N–H and O–H groups in total. The zero-order valence-electron chi connectivity index (χ0n) is 15.9. The van der Waals surface area contributed by atoms with Crippen LogP contribution in [0.5, 0.6) is 0 Å². The summed E-state index contributed by atoms with van der Waals surface area (Å²) in [6.07, 6.45) is 0.928. The van der Waals surface area contributed by atoms with E-state index >= 15 is 0 Å². The molecular formula is C17H34N4O3. The molecule has 24 heavy (non-hydrogen) atoms. The lowest BCUT2D eigenvalue weighted by Gasteiger charge is -2.35. The van der Waals surface area contributed by atoms with E-state index in [0.29, 0.717) is 32.8 Å². The van der Waals surface area contributed by atoms with Crippen molar-refractivity contribution in [1.29, 1.82) is 0 Å². The minimum atomic E-state index is -0.206. The predicted octanol–water partition coefficient (Wildman–Crippen LogP) is 0.0136. The van der Waals surface area contributed by atoms with E-state index in [4.69, 9.17) is 4.74 Å². The van der Waals surface area contributed by atoms with Crippen LogP contribution in [0, 0.1) is 0 Å². The first kappa shape index (κ1) is 20.9. The molecule has 0 aromatic carbocycles. The Morgan fingerprint density at radius 1 is 1.17 bits per heavy atom. The largest absolute Gasteiger partial charge is 0.385 e. The number of hydrogen-bond acceptors (Lipinski definition) is 5. The third-order valence-corrected chi connectivity index (χ3v) is 3.90. The number of likely N-dealkylation sites (N-methyl/N-ethyl adjacent to an activating group) is 1. The van der Waals surface area contributed by atoms with Gasteiger partial charge in [0.1, 0.15) is 0 Å². The predicted molar refractivity (Wildman–Crippen MR) is 94.9 cm³/mol. The Balaban J connectivity index is 2.27. The van der Waals surface area contributed by atoms with Gasteiger partial charge in [-0.3, -0.25) is 19.4 Å². The quantitative estimate of drug-likeness (QED) is 0.630. The molecule has 1 fully saturated rings. The van der Waals surface area contributed by atoms with E-state index in [1.807, 2.05) is 37.6 Å². The molecule has 7 nitrogen and oxygen atoms in total. The van der Waals surface area contributed by atoms with Crippen LogP contribution in [-0.4, -0.2) is 98.6 Å². The molecule has 0 aromatic rings. The summed E-state index contributed by atoms with van der Waals surface area (Å²) >= 11 is 0. The van der Waals surface area contributed by atoms with Crippen molar-refractivity contribution in [2.75, 3.05) is 66.6 Å². The number of ether oxygens (including phenoxy) is 1. The van der Waals surface area contributed by atoms with Crippen LogP contribution in [0.3, 0.4) is 0 Å². The molecular weight excluding hydrogens is 308 g/mol.